The second kappa shape index (κ2) is 6.13. The van der Waals surface area contributed by atoms with Crippen LogP contribution in [-0.2, 0) is 9.05 Å². The average molecular weight is 390 g/mol. The van der Waals surface area contributed by atoms with Crippen LogP contribution in [0.5, 0.6) is 0 Å². The van der Waals surface area contributed by atoms with Crippen molar-refractivity contribution in [3.05, 3.63) is 52.3 Å². The number of aryl methyl sites for hydroxylation is 1. The number of pyridine rings is 1. The van der Waals surface area contributed by atoms with Gasteiger partial charge < -0.3 is 5.32 Å². The van der Waals surface area contributed by atoms with Crippen LogP contribution >= 0.6 is 26.6 Å². The summed E-state index contributed by atoms with van der Waals surface area (Å²) in [4.78, 5) is 16.1. The topological polar surface area (TPSA) is 76.1 Å². The third-order valence-corrected chi connectivity index (χ3v) is 4.60. The Morgan fingerprint density at radius 2 is 2.00 bits per heavy atom. The summed E-state index contributed by atoms with van der Waals surface area (Å²) in [7, 11) is 1.44. The Balaban J connectivity index is 2.26. The summed E-state index contributed by atoms with van der Waals surface area (Å²) in [5, 5.41) is 2.65. The van der Waals surface area contributed by atoms with Crippen molar-refractivity contribution in [1.29, 1.82) is 0 Å². The molecule has 0 atom stereocenters. The molecule has 1 aromatic carbocycles. The van der Waals surface area contributed by atoms with Gasteiger partial charge in [-0.3, -0.25) is 4.79 Å². The van der Waals surface area contributed by atoms with E-state index >= 15 is 0 Å². The van der Waals surface area contributed by atoms with Crippen LogP contribution in [0, 0.1) is 6.92 Å². The molecule has 0 spiro atoms. The van der Waals surface area contributed by atoms with Crippen molar-refractivity contribution in [1.82, 2.24) is 4.98 Å². The second-order valence-electron chi connectivity index (χ2n) is 4.20. The lowest BCUT2D eigenvalue weighted by atomic mass is 10.2. The number of hydrogen-bond acceptors (Lipinski definition) is 4. The van der Waals surface area contributed by atoms with E-state index in [0.717, 1.165) is 5.69 Å². The van der Waals surface area contributed by atoms with E-state index in [1.54, 1.807) is 25.1 Å². The van der Waals surface area contributed by atoms with E-state index in [1.807, 2.05) is 0 Å². The zero-order valence-electron chi connectivity index (χ0n) is 10.8. The quantitative estimate of drug-likeness (QED) is 0.817. The summed E-state index contributed by atoms with van der Waals surface area (Å²) in [6, 6.07) is 9.19. The zero-order valence-corrected chi connectivity index (χ0v) is 14.0. The average Bonchev–Trinajstić information content (AvgIpc) is 2.39. The zero-order chi connectivity index (χ0) is 15.6. The highest BCUT2D eigenvalue weighted by molar-refractivity contribution is 9.10. The fraction of sp³-hybridized carbons (Fsp3) is 0.0769. The fourth-order valence-electron chi connectivity index (χ4n) is 1.60. The van der Waals surface area contributed by atoms with Gasteiger partial charge in [0.05, 0.1) is 10.6 Å². The molecule has 0 aliphatic carbocycles. The fourth-order valence-corrected chi connectivity index (χ4v) is 3.01. The van der Waals surface area contributed by atoms with Crippen LogP contribution in [0.15, 0.2) is 45.8 Å². The van der Waals surface area contributed by atoms with Crippen LogP contribution in [-0.4, -0.2) is 19.3 Å². The minimum Gasteiger partial charge on any atom is -0.320 e. The maximum atomic E-state index is 12.1. The normalized spacial score (nSPS) is 11.2. The van der Waals surface area contributed by atoms with Gasteiger partial charge in [0, 0.05) is 20.8 Å². The van der Waals surface area contributed by atoms with Gasteiger partial charge in [-0.1, -0.05) is 6.07 Å². The van der Waals surface area contributed by atoms with Crippen molar-refractivity contribution in [3.8, 4) is 0 Å². The van der Waals surface area contributed by atoms with Crippen LogP contribution in [0.2, 0.25) is 0 Å². The number of nitrogens with zero attached hydrogens (tertiary/aromatic N) is 1. The Morgan fingerprint density at radius 3 is 2.57 bits per heavy atom. The molecule has 8 heteroatoms. The third kappa shape index (κ3) is 4.03. The van der Waals surface area contributed by atoms with Gasteiger partial charge in [-0.15, -0.1) is 0 Å². The van der Waals surface area contributed by atoms with Crippen LogP contribution in [0.4, 0.5) is 5.69 Å². The number of amides is 1. The molecule has 0 bridgehead atoms. The number of anilines is 1. The lowest BCUT2D eigenvalue weighted by molar-refractivity contribution is 0.102. The van der Waals surface area contributed by atoms with Crippen LogP contribution in [0.1, 0.15) is 16.2 Å². The van der Waals surface area contributed by atoms with Crippen molar-refractivity contribution in [2.75, 3.05) is 5.32 Å². The number of nitrogens with one attached hydrogen (secondary N) is 1. The molecule has 0 saturated heterocycles. The highest BCUT2D eigenvalue weighted by Crippen LogP contribution is 2.27. The highest BCUT2D eigenvalue weighted by atomic mass is 79.9. The molecule has 0 aliphatic rings. The molecule has 1 aromatic heterocycles. The van der Waals surface area contributed by atoms with E-state index in [0.29, 0.717) is 10.2 Å². The van der Waals surface area contributed by atoms with Crippen molar-refractivity contribution in [3.63, 3.8) is 0 Å². The molecule has 21 heavy (non-hydrogen) atoms. The van der Waals surface area contributed by atoms with Crippen molar-refractivity contribution < 1.29 is 13.2 Å². The monoisotopic (exact) mass is 388 g/mol. The molecule has 0 aliphatic heterocycles. The van der Waals surface area contributed by atoms with Gasteiger partial charge in [-0.05, 0) is 53.2 Å². The SMILES string of the molecule is Cc1cccc(C(=O)Nc2ccc(S(=O)(=O)Cl)cc2Br)n1. The van der Waals surface area contributed by atoms with E-state index in [-0.39, 0.29) is 16.5 Å². The van der Waals surface area contributed by atoms with Crippen molar-refractivity contribution in [2.45, 2.75) is 11.8 Å². The molecule has 0 saturated carbocycles. The number of halogens is 2. The van der Waals surface area contributed by atoms with Crippen LogP contribution in [0.25, 0.3) is 0 Å². The molecule has 5 nitrogen and oxygen atoms in total. The highest BCUT2D eigenvalue weighted by Gasteiger charge is 2.14. The number of aromatic nitrogens is 1. The predicted octanol–water partition coefficient (Wildman–Crippen LogP) is 3.33. The van der Waals surface area contributed by atoms with Crippen LogP contribution in [0.3, 0.4) is 0 Å². The molecule has 0 unspecified atom stereocenters. The molecule has 1 amide bonds. The molecular formula is C13H10BrClN2O3S. The Hall–Kier alpha value is -1.44. The van der Waals surface area contributed by atoms with E-state index < -0.39 is 9.05 Å². The summed E-state index contributed by atoms with van der Waals surface area (Å²) in [6.07, 6.45) is 0. The van der Waals surface area contributed by atoms with Crippen LogP contribution < -0.4 is 5.32 Å². The summed E-state index contributed by atoms with van der Waals surface area (Å²) >= 11 is 3.20. The van der Waals surface area contributed by atoms with Gasteiger partial charge >= 0.3 is 0 Å². The Morgan fingerprint density at radius 1 is 1.29 bits per heavy atom. The Labute approximate surface area is 134 Å². The number of rotatable bonds is 3. The lowest BCUT2D eigenvalue weighted by Gasteiger charge is -2.08. The Kier molecular flexibility index (Phi) is 4.65. The molecule has 110 valence electrons. The minimum absolute atomic E-state index is 0.0530. The summed E-state index contributed by atoms with van der Waals surface area (Å²) in [6.45, 7) is 1.78. The van der Waals surface area contributed by atoms with E-state index in [4.69, 9.17) is 10.7 Å². The van der Waals surface area contributed by atoms with E-state index in [2.05, 4.69) is 26.2 Å². The molecule has 2 rings (SSSR count). The first-order valence-corrected chi connectivity index (χ1v) is 8.87. The first kappa shape index (κ1) is 15.9. The number of benzene rings is 1. The Bertz CT molecular complexity index is 809. The third-order valence-electron chi connectivity index (χ3n) is 2.59. The molecule has 0 fully saturated rings. The molecule has 2 aromatic rings. The first-order valence-electron chi connectivity index (χ1n) is 5.76. The molecule has 0 radical (unpaired) electrons. The summed E-state index contributed by atoms with van der Waals surface area (Å²) in [5.74, 6) is -0.388. The standard InChI is InChI=1S/C13H10BrClN2O3S/c1-8-3-2-4-12(16-8)13(18)17-11-6-5-9(7-10(11)14)21(15,19)20/h2-7H,1H3,(H,17,18). The van der Waals surface area contributed by atoms with Gasteiger partial charge in [0.2, 0.25) is 0 Å². The molecule has 1 N–H and O–H groups in total. The predicted molar refractivity (Wildman–Crippen MR) is 84.1 cm³/mol. The van der Waals surface area contributed by atoms with Gasteiger partial charge in [0.15, 0.2) is 0 Å². The second-order valence-corrected chi connectivity index (χ2v) is 7.62. The van der Waals surface area contributed by atoms with Gasteiger partial charge in [0.1, 0.15) is 5.69 Å². The number of hydrogen-bond donors (Lipinski definition) is 1. The molecule has 1 heterocycles. The summed E-state index contributed by atoms with van der Waals surface area (Å²) in [5.41, 5.74) is 1.42. The maximum absolute atomic E-state index is 12.1. The smallest absolute Gasteiger partial charge is 0.274 e. The number of carbonyl (C=O) groups is 1. The maximum Gasteiger partial charge on any atom is 0.274 e. The van der Waals surface area contributed by atoms with Gasteiger partial charge in [-0.25, -0.2) is 13.4 Å². The number of carbonyl (C=O) groups excluding carboxylic acids is 1. The largest absolute Gasteiger partial charge is 0.320 e. The first-order chi connectivity index (χ1) is 9.77. The van der Waals surface area contributed by atoms with E-state index in [1.165, 1.54) is 18.2 Å². The lowest BCUT2D eigenvalue weighted by Crippen LogP contribution is -2.14. The van der Waals surface area contributed by atoms with Crippen molar-refractivity contribution >= 4 is 47.3 Å². The van der Waals surface area contributed by atoms with Crippen molar-refractivity contribution in [2.24, 2.45) is 0 Å². The summed E-state index contributed by atoms with van der Waals surface area (Å²) < 4.78 is 22.9. The minimum atomic E-state index is -3.81. The van der Waals surface area contributed by atoms with E-state index in [9.17, 15) is 13.2 Å². The van der Waals surface area contributed by atoms with Gasteiger partial charge in [0.25, 0.3) is 15.0 Å². The molecular weight excluding hydrogens is 380 g/mol. The van der Waals surface area contributed by atoms with Gasteiger partial charge in [-0.2, -0.15) is 0 Å².